The highest BCUT2D eigenvalue weighted by atomic mass is 16.2. The summed E-state index contributed by atoms with van der Waals surface area (Å²) >= 11 is 0. The Bertz CT molecular complexity index is 245. The second-order valence-corrected chi connectivity index (χ2v) is 2.80. The molecule has 0 aliphatic heterocycles. The first kappa shape index (κ1) is 12.4. The van der Waals surface area contributed by atoms with E-state index in [1.165, 1.54) is 7.05 Å². The first-order valence-corrected chi connectivity index (χ1v) is 4.53. The van der Waals surface area contributed by atoms with E-state index in [1.807, 2.05) is 6.07 Å². The summed E-state index contributed by atoms with van der Waals surface area (Å²) < 4.78 is 0. The maximum atomic E-state index is 11.2. The van der Waals surface area contributed by atoms with Gasteiger partial charge in [-0.05, 0) is 6.42 Å². The van der Waals surface area contributed by atoms with Crippen LogP contribution in [0.25, 0.3) is 0 Å². The smallest absolute Gasteiger partial charge is 0.237 e. The Labute approximate surface area is 83.5 Å². The standard InChI is InChI=1S/C9H15N3O2/c1-3-7(6-10)9(14)12-5-4-8(13)11-2/h7H,3-5H2,1-2H3,(H,11,13)(H,12,14). The van der Waals surface area contributed by atoms with Crippen molar-refractivity contribution < 1.29 is 9.59 Å². The van der Waals surface area contributed by atoms with Gasteiger partial charge in [0.15, 0.2) is 0 Å². The van der Waals surface area contributed by atoms with Crippen molar-refractivity contribution in [1.82, 2.24) is 10.6 Å². The van der Waals surface area contributed by atoms with Crippen molar-refractivity contribution in [3.63, 3.8) is 0 Å². The van der Waals surface area contributed by atoms with Crippen LogP contribution in [0.1, 0.15) is 19.8 Å². The van der Waals surface area contributed by atoms with Gasteiger partial charge in [-0.25, -0.2) is 0 Å². The van der Waals surface area contributed by atoms with Gasteiger partial charge in [0.25, 0.3) is 0 Å². The molecule has 0 bridgehead atoms. The molecule has 0 aromatic heterocycles. The largest absolute Gasteiger partial charge is 0.359 e. The van der Waals surface area contributed by atoms with Gasteiger partial charge in [-0.3, -0.25) is 9.59 Å². The molecule has 0 rings (SSSR count). The molecular weight excluding hydrogens is 182 g/mol. The molecule has 0 saturated carbocycles. The van der Waals surface area contributed by atoms with Crippen molar-refractivity contribution in [3.8, 4) is 6.07 Å². The van der Waals surface area contributed by atoms with Gasteiger partial charge in [-0.2, -0.15) is 5.26 Å². The molecule has 0 aromatic rings. The fourth-order valence-corrected chi connectivity index (χ4v) is 0.883. The molecule has 0 saturated heterocycles. The number of nitrogens with one attached hydrogen (secondary N) is 2. The summed E-state index contributed by atoms with van der Waals surface area (Å²) in [6.07, 6.45) is 0.729. The zero-order valence-corrected chi connectivity index (χ0v) is 8.46. The van der Waals surface area contributed by atoms with E-state index in [2.05, 4.69) is 10.6 Å². The van der Waals surface area contributed by atoms with E-state index in [4.69, 9.17) is 5.26 Å². The predicted octanol–water partition coefficient (Wildman–Crippen LogP) is -0.212. The summed E-state index contributed by atoms with van der Waals surface area (Å²) in [5.74, 6) is -1.05. The normalized spacial score (nSPS) is 11.2. The number of nitriles is 1. The molecular formula is C9H15N3O2. The molecule has 5 heteroatoms. The number of hydrogen-bond acceptors (Lipinski definition) is 3. The highest BCUT2D eigenvalue weighted by Crippen LogP contribution is 1.99. The maximum absolute atomic E-state index is 11.2. The van der Waals surface area contributed by atoms with Gasteiger partial charge in [0.05, 0.1) is 6.07 Å². The van der Waals surface area contributed by atoms with E-state index in [9.17, 15) is 9.59 Å². The average molecular weight is 197 g/mol. The van der Waals surface area contributed by atoms with Crippen LogP contribution < -0.4 is 10.6 Å². The van der Waals surface area contributed by atoms with Crippen LogP contribution in [0.2, 0.25) is 0 Å². The van der Waals surface area contributed by atoms with E-state index in [0.717, 1.165) is 0 Å². The van der Waals surface area contributed by atoms with Crippen LogP contribution in [0.15, 0.2) is 0 Å². The van der Waals surface area contributed by atoms with E-state index >= 15 is 0 Å². The van der Waals surface area contributed by atoms with Crippen molar-refractivity contribution in [2.45, 2.75) is 19.8 Å². The maximum Gasteiger partial charge on any atom is 0.237 e. The van der Waals surface area contributed by atoms with E-state index < -0.39 is 5.92 Å². The summed E-state index contributed by atoms with van der Waals surface area (Å²) in [5, 5.41) is 13.5. The Hall–Kier alpha value is -1.57. The summed E-state index contributed by atoms with van der Waals surface area (Å²) in [4.78, 5) is 22.0. The third kappa shape index (κ3) is 4.45. The zero-order chi connectivity index (χ0) is 11.0. The minimum absolute atomic E-state index is 0.129. The number of amides is 2. The fraction of sp³-hybridized carbons (Fsp3) is 0.667. The molecule has 1 unspecified atom stereocenters. The second-order valence-electron chi connectivity index (χ2n) is 2.80. The molecule has 14 heavy (non-hydrogen) atoms. The molecule has 0 aliphatic rings. The lowest BCUT2D eigenvalue weighted by Crippen LogP contribution is -2.33. The van der Waals surface area contributed by atoms with Crippen LogP contribution in [0, 0.1) is 17.2 Å². The number of carbonyl (C=O) groups excluding carboxylic acids is 2. The van der Waals surface area contributed by atoms with Crippen LogP contribution in [0.3, 0.4) is 0 Å². The molecule has 1 atom stereocenters. The summed E-state index contributed by atoms with van der Waals surface area (Å²) in [7, 11) is 1.54. The van der Waals surface area contributed by atoms with Crippen molar-refractivity contribution in [2.24, 2.45) is 5.92 Å². The Morgan fingerprint density at radius 3 is 2.57 bits per heavy atom. The van der Waals surface area contributed by atoms with Crippen LogP contribution >= 0.6 is 0 Å². The Balaban J connectivity index is 3.75. The van der Waals surface area contributed by atoms with Crippen molar-refractivity contribution >= 4 is 11.8 Å². The van der Waals surface area contributed by atoms with Gasteiger partial charge in [0, 0.05) is 20.0 Å². The van der Waals surface area contributed by atoms with Crippen LogP contribution in [0.5, 0.6) is 0 Å². The summed E-state index contributed by atoms with van der Waals surface area (Å²) in [6, 6.07) is 1.89. The average Bonchev–Trinajstić information content (AvgIpc) is 2.19. The van der Waals surface area contributed by atoms with Crippen molar-refractivity contribution in [1.29, 1.82) is 5.26 Å². The predicted molar refractivity (Wildman–Crippen MR) is 51.1 cm³/mol. The molecule has 5 nitrogen and oxygen atoms in total. The molecule has 0 fully saturated rings. The van der Waals surface area contributed by atoms with Gasteiger partial charge in [-0.15, -0.1) is 0 Å². The lowest BCUT2D eigenvalue weighted by atomic mass is 10.1. The molecule has 2 N–H and O–H groups in total. The van der Waals surface area contributed by atoms with Crippen molar-refractivity contribution in [2.75, 3.05) is 13.6 Å². The molecule has 0 aliphatic carbocycles. The SMILES string of the molecule is CCC(C#N)C(=O)NCCC(=O)NC. The van der Waals surface area contributed by atoms with Crippen LogP contribution in [0.4, 0.5) is 0 Å². The number of carbonyl (C=O) groups is 2. The van der Waals surface area contributed by atoms with Gasteiger partial charge in [-0.1, -0.05) is 6.92 Å². The molecule has 0 aromatic carbocycles. The Morgan fingerprint density at radius 2 is 2.14 bits per heavy atom. The quantitative estimate of drug-likeness (QED) is 0.639. The summed E-state index contributed by atoms with van der Waals surface area (Å²) in [6.45, 7) is 2.04. The van der Waals surface area contributed by atoms with Gasteiger partial charge >= 0.3 is 0 Å². The third-order valence-electron chi connectivity index (χ3n) is 1.81. The topological polar surface area (TPSA) is 82.0 Å². The number of hydrogen-bond donors (Lipinski definition) is 2. The Morgan fingerprint density at radius 1 is 1.50 bits per heavy atom. The lowest BCUT2D eigenvalue weighted by Gasteiger charge is -2.07. The highest BCUT2D eigenvalue weighted by Gasteiger charge is 2.14. The zero-order valence-electron chi connectivity index (χ0n) is 8.46. The molecule has 0 heterocycles. The monoisotopic (exact) mass is 197 g/mol. The molecule has 0 spiro atoms. The molecule has 0 radical (unpaired) electrons. The van der Waals surface area contributed by atoms with Crippen LogP contribution in [-0.2, 0) is 9.59 Å². The lowest BCUT2D eigenvalue weighted by molar-refractivity contribution is -0.123. The first-order chi connectivity index (χ1) is 6.65. The van der Waals surface area contributed by atoms with E-state index in [1.54, 1.807) is 6.92 Å². The Kier molecular flexibility index (Phi) is 6.12. The van der Waals surface area contributed by atoms with Gasteiger partial charge in [0.1, 0.15) is 5.92 Å². The van der Waals surface area contributed by atoms with Crippen LogP contribution in [-0.4, -0.2) is 25.4 Å². The van der Waals surface area contributed by atoms with Gasteiger partial charge in [0.2, 0.25) is 11.8 Å². The van der Waals surface area contributed by atoms with Gasteiger partial charge < -0.3 is 10.6 Å². The molecule has 2 amide bonds. The first-order valence-electron chi connectivity index (χ1n) is 4.53. The second kappa shape index (κ2) is 6.89. The van der Waals surface area contributed by atoms with E-state index in [0.29, 0.717) is 6.42 Å². The molecule has 78 valence electrons. The minimum atomic E-state index is -0.611. The van der Waals surface area contributed by atoms with E-state index in [-0.39, 0.29) is 24.8 Å². The third-order valence-corrected chi connectivity index (χ3v) is 1.81. The highest BCUT2D eigenvalue weighted by molar-refractivity contribution is 5.82. The number of rotatable bonds is 5. The fourth-order valence-electron chi connectivity index (χ4n) is 0.883. The summed E-state index contributed by atoms with van der Waals surface area (Å²) in [5.41, 5.74) is 0. The minimum Gasteiger partial charge on any atom is -0.359 e. The van der Waals surface area contributed by atoms with Crippen molar-refractivity contribution in [3.05, 3.63) is 0 Å². The number of nitrogens with zero attached hydrogens (tertiary/aromatic N) is 1.